The molecule has 4 rings (SSSR count). The molecule has 202 valence electrons. The minimum atomic E-state index is -0.655. The number of esters is 1. The van der Waals surface area contributed by atoms with Gasteiger partial charge in [-0.15, -0.1) is 0 Å². The van der Waals surface area contributed by atoms with E-state index in [-0.39, 0.29) is 28.3 Å². The predicted octanol–water partition coefficient (Wildman–Crippen LogP) is 5.90. The highest BCUT2D eigenvalue weighted by atomic mass is 16.6. The number of H-pyrrole nitrogens is 1. The van der Waals surface area contributed by atoms with Crippen LogP contribution in [0.1, 0.15) is 78.3 Å². The van der Waals surface area contributed by atoms with Gasteiger partial charge in [-0.3, -0.25) is 14.7 Å². The van der Waals surface area contributed by atoms with E-state index in [0.717, 1.165) is 5.56 Å². The summed E-state index contributed by atoms with van der Waals surface area (Å²) in [4.78, 5) is 39.1. The van der Waals surface area contributed by atoms with Gasteiger partial charge in [0.1, 0.15) is 5.60 Å². The smallest absolute Gasteiger partial charge is 0.360 e. The average Bonchev–Trinajstić information content (AvgIpc) is 3.26. The van der Waals surface area contributed by atoms with Gasteiger partial charge in [0, 0.05) is 22.3 Å². The summed E-state index contributed by atoms with van der Waals surface area (Å²) in [5.41, 5.74) is 8.61. The van der Waals surface area contributed by atoms with E-state index in [1.54, 1.807) is 69.3 Å². The first-order valence-corrected chi connectivity index (χ1v) is 12.6. The van der Waals surface area contributed by atoms with Crippen LogP contribution in [0.25, 0.3) is 10.9 Å². The average molecular weight is 528 g/mol. The van der Waals surface area contributed by atoms with Crippen LogP contribution in [0, 0.1) is 0 Å². The van der Waals surface area contributed by atoms with Gasteiger partial charge in [0.05, 0.1) is 16.8 Å². The van der Waals surface area contributed by atoms with Crippen LogP contribution in [0.3, 0.4) is 0 Å². The van der Waals surface area contributed by atoms with Crippen molar-refractivity contribution < 1.29 is 19.1 Å². The van der Waals surface area contributed by atoms with Crippen molar-refractivity contribution in [1.29, 1.82) is 0 Å². The Bertz CT molecular complexity index is 1570. The fourth-order valence-corrected chi connectivity index (χ4v) is 4.17. The molecule has 0 fully saturated rings. The molecular formula is C30H33N5O4. The van der Waals surface area contributed by atoms with Crippen molar-refractivity contribution in [2.24, 2.45) is 0 Å². The van der Waals surface area contributed by atoms with Gasteiger partial charge in [-0.2, -0.15) is 5.10 Å². The van der Waals surface area contributed by atoms with E-state index < -0.39 is 17.5 Å². The molecule has 0 aliphatic heterocycles. The normalized spacial score (nSPS) is 11.7. The summed E-state index contributed by atoms with van der Waals surface area (Å²) in [5.74, 6) is -1.32. The minimum Gasteiger partial charge on any atom is -0.455 e. The number of ether oxygens (including phenoxy) is 1. The molecule has 0 radical (unpaired) electrons. The summed E-state index contributed by atoms with van der Waals surface area (Å²) in [6.07, 6.45) is 0. The van der Waals surface area contributed by atoms with Crippen LogP contribution in [0.15, 0.2) is 60.7 Å². The van der Waals surface area contributed by atoms with Crippen molar-refractivity contribution in [2.75, 3.05) is 16.4 Å². The molecule has 0 atom stereocenters. The van der Waals surface area contributed by atoms with Crippen LogP contribution < -0.4 is 16.4 Å². The molecule has 4 aromatic rings. The molecule has 0 aliphatic carbocycles. The maximum Gasteiger partial charge on any atom is 0.360 e. The number of aromatic nitrogens is 2. The molecule has 0 spiro atoms. The Morgan fingerprint density at radius 1 is 0.846 bits per heavy atom. The van der Waals surface area contributed by atoms with Crippen LogP contribution in [-0.2, 0) is 10.2 Å². The molecule has 9 heteroatoms. The number of aromatic amines is 1. The maximum atomic E-state index is 13.3. The monoisotopic (exact) mass is 527 g/mol. The van der Waals surface area contributed by atoms with Crippen molar-refractivity contribution in [2.45, 2.75) is 52.6 Å². The van der Waals surface area contributed by atoms with E-state index in [9.17, 15) is 14.4 Å². The Morgan fingerprint density at radius 3 is 2.23 bits per heavy atom. The Hall–Kier alpha value is -4.66. The van der Waals surface area contributed by atoms with Crippen molar-refractivity contribution in [3.63, 3.8) is 0 Å². The Labute approximate surface area is 227 Å². The maximum absolute atomic E-state index is 13.3. The molecule has 0 aliphatic rings. The summed E-state index contributed by atoms with van der Waals surface area (Å²) in [5, 5.41) is 13.2. The molecule has 9 nitrogen and oxygen atoms in total. The Kier molecular flexibility index (Phi) is 7.19. The molecule has 5 N–H and O–H groups in total. The molecule has 0 saturated heterocycles. The highest BCUT2D eigenvalue weighted by Crippen LogP contribution is 2.28. The number of hydrogen-bond donors (Lipinski definition) is 4. The van der Waals surface area contributed by atoms with Gasteiger partial charge >= 0.3 is 5.97 Å². The number of hydrogen-bond acceptors (Lipinski definition) is 6. The molecule has 39 heavy (non-hydrogen) atoms. The van der Waals surface area contributed by atoms with E-state index in [2.05, 4.69) is 20.8 Å². The highest BCUT2D eigenvalue weighted by molar-refractivity contribution is 6.14. The quantitative estimate of drug-likeness (QED) is 0.188. The second-order valence-corrected chi connectivity index (χ2v) is 11.3. The van der Waals surface area contributed by atoms with E-state index in [4.69, 9.17) is 10.5 Å². The highest BCUT2D eigenvalue weighted by Gasteiger charge is 2.24. The Balaban J connectivity index is 1.58. The van der Waals surface area contributed by atoms with Crippen molar-refractivity contribution in [3.05, 3.63) is 83.0 Å². The summed E-state index contributed by atoms with van der Waals surface area (Å²) in [7, 11) is 0. The van der Waals surface area contributed by atoms with Gasteiger partial charge in [0.15, 0.2) is 5.69 Å². The predicted molar refractivity (Wildman–Crippen MR) is 153 cm³/mol. The molecule has 2 amide bonds. The third-order valence-corrected chi connectivity index (χ3v) is 5.93. The van der Waals surface area contributed by atoms with Crippen LogP contribution in [0.2, 0.25) is 0 Å². The van der Waals surface area contributed by atoms with Crippen LogP contribution >= 0.6 is 0 Å². The third kappa shape index (κ3) is 6.26. The third-order valence-electron chi connectivity index (χ3n) is 5.93. The molecule has 0 bridgehead atoms. The largest absolute Gasteiger partial charge is 0.455 e. The minimum absolute atomic E-state index is 0.164. The molecule has 0 saturated carbocycles. The second kappa shape index (κ2) is 10.2. The van der Waals surface area contributed by atoms with Crippen LogP contribution in [0.5, 0.6) is 0 Å². The SMILES string of the molecule is CC(C)(C)OC(=O)c1n[nH]c2cc(NC(=O)c3ccc(N)cc3NC(=O)c3ccccc3C(C)(C)C)ccc12. The van der Waals surface area contributed by atoms with E-state index in [1.165, 1.54) is 0 Å². The number of nitrogens with two attached hydrogens (primary N) is 1. The zero-order valence-corrected chi connectivity index (χ0v) is 22.9. The number of nitrogen functional groups attached to an aromatic ring is 1. The summed E-state index contributed by atoms with van der Waals surface area (Å²) < 4.78 is 5.42. The van der Waals surface area contributed by atoms with Crippen molar-refractivity contribution in [1.82, 2.24) is 10.2 Å². The number of rotatable bonds is 5. The van der Waals surface area contributed by atoms with E-state index in [0.29, 0.717) is 27.8 Å². The van der Waals surface area contributed by atoms with Crippen molar-refractivity contribution >= 4 is 45.7 Å². The number of fused-ring (bicyclic) bond motifs is 1. The molecule has 3 aromatic carbocycles. The lowest BCUT2D eigenvalue weighted by Crippen LogP contribution is -2.24. The number of anilines is 3. The van der Waals surface area contributed by atoms with E-state index in [1.807, 2.05) is 32.9 Å². The second-order valence-electron chi connectivity index (χ2n) is 11.3. The van der Waals surface area contributed by atoms with Crippen LogP contribution in [0.4, 0.5) is 17.1 Å². The fourth-order valence-electron chi connectivity index (χ4n) is 4.17. The van der Waals surface area contributed by atoms with Gasteiger partial charge in [0.25, 0.3) is 11.8 Å². The van der Waals surface area contributed by atoms with Gasteiger partial charge in [-0.25, -0.2) is 4.79 Å². The fraction of sp³-hybridized carbons (Fsp3) is 0.267. The summed E-state index contributed by atoms with van der Waals surface area (Å²) in [6, 6.07) is 17.1. The van der Waals surface area contributed by atoms with Crippen molar-refractivity contribution in [3.8, 4) is 0 Å². The molecular weight excluding hydrogens is 494 g/mol. The number of benzene rings is 3. The topological polar surface area (TPSA) is 139 Å². The molecule has 1 aromatic heterocycles. The first-order chi connectivity index (χ1) is 18.2. The molecule has 0 unspecified atom stereocenters. The summed E-state index contributed by atoms with van der Waals surface area (Å²) in [6.45, 7) is 11.4. The van der Waals surface area contributed by atoms with E-state index >= 15 is 0 Å². The number of nitrogens with zero attached hydrogens (tertiary/aromatic N) is 1. The van der Waals surface area contributed by atoms with Gasteiger partial charge < -0.3 is 21.1 Å². The first kappa shape index (κ1) is 27.4. The zero-order valence-electron chi connectivity index (χ0n) is 22.9. The van der Waals surface area contributed by atoms with Gasteiger partial charge in [-0.05, 0) is 74.2 Å². The zero-order chi connectivity index (χ0) is 28.5. The lowest BCUT2D eigenvalue weighted by atomic mass is 9.83. The summed E-state index contributed by atoms with van der Waals surface area (Å²) >= 11 is 0. The van der Waals surface area contributed by atoms with Gasteiger partial charge in [0.2, 0.25) is 0 Å². The standard InChI is InChI=1S/C30H33N5O4/c1-29(2,3)22-10-8-7-9-19(22)26(36)33-23-15-17(31)11-13-21(23)27(37)32-18-12-14-20-24(16-18)34-35-25(20)28(38)39-30(4,5)6/h7-16H,31H2,1-6H3,(H,32,37)(H,33,36)(H,34,35). The van der Waals surface area contributed by atoms with Crippen LogP contribution in [-0.4, -0.2) is 33.6 Å². The first-order valence-electron chi connectivity index (χ1n) is 12.6. The number of carbonyl (C=O) groups is 3. The molecule has 1 heterocycles. The Morgan fingerprint density at radius 2 is 1.54 bits per heavy atom. The lowest BCUT2D eigenvalue weighted by molar-refractivity contribution is 0.00648. The number of nitrogens with one attached hydrogen (secondary N) is 3. The lowest BCUT2D eigenvalue weighted by Gasteiger charge is -2.22. The van der Waals surface area contributed by atoms with Gasteiger partial charge in [-0.1, -0.05) is 39.0 Å². The number of carbonyl (C=O) groups excluding carboxylic acids is 3. The number of amides is 2.